The Morgan fingerprint density at radius 2 is 2.06 bits per heavy atom. The second-order valence-electron chi connectivity index (χ2n) is 9.46. The average molecular weight is 443 g/mol. The normalized spacial score (nSPS) is 19.3. The van der Waals surface area contributed by atoms with Crippen LogP contribution in [-0.4, -0.2) is 38.3 Å². The highest BCUT2D eigenvalue weighted by Crippen LogP contribution is 2.40. The second kappa shape index (κ2) is 8.35. The maximum Gasteiger partial charge on any atom is 0.251 e. The zero-order valence-electron chi connectivity index (χ0n) is 18.8. The van der Waals surface area contributed by atoms with Gasteiger partial charge in [-0.05, 0) is 42.9 Å². The molecule has 1 aliphatic heterocycles. The first kappa shape index (κ1) is 21.2. The van der Waals surface area contributed by atoms with Crippen molar-refractivity contribution < 1.29 is 9.59 Å². The summed E-state index contributed by atoms with van der Waals surface area (Å²) in [4.78, 5) is 44.7. The van der Waals surface area contributed by atoms with E-state index in [4.69, 9.17) is 4.98 Å². The van der Waals surface area contributed by atoms with Gasteiger partial charge >= 0.3 is 0 Å². The highest BCUT2D eigenvalue weighted by molar-refractivity contribution is 5.99. The van der Waals surface area contributed by atoms with Crippen molar-refractivity contribution in [2.75, 3.05) is 11.4 Å². The smallest absolute Gasteiger partial charge is 0.251 e. The molecule has 0 bridgehead atoms. The summed E-state index contributed by atoms with van der Waals surface area (Å²) in [6.45, 7) is 5.05. The number of benzene rings is 1. The third-order valence-corrected chi connectivity index (χ3v) is 6.27. The van der Waals surface area contributed by atoms with Crippen molar-refractivity contribution >= 4 is 17.5 Å². The second-order valence-corrected chi connectivity index (χ2v) is 9.46. The summed E-state index contributed by atoms with van der Waals surface area (Å²) in [5, 5.41) is 3.18. The van der Waals surface area contributed by atoms with Crippen molar-refractivity contribution in [1.29, 1.82) is 0 Å². The lowest BCUT2D eigenvalue weighted by atomic mass is 9.74. The summed E-state index contributed by atoms with van der Waals surface area (Å²) in [6.07, 6.45) is 9.65. The van der Waals surface area contributed by atoms with Gasteiger partial charge in [0, 0.05) is 48.4 Å². The summed E-state index contributed by atoms with van der Waals surface area (Å²) in [7, 11) is 0. The van der Waals surface area contributed by atoms with Gasteiger partial charge in [-0.3, -0.25) is 14.6 Å². The van der Waals surface area contributed by atoms with E-state index in [1.165, 1.54) is 0 Å². The zero-order valence-corrected chi connectivity index (χ0v) is 18.8. The lowest BCUT2D eigenvalue weighted by Crippen LogP contribution is -2.37. The largest absolute Gasteiger partial charge is 0.345 e. The Balaban J connectivity index is 1.41. The Bertz CT molecular complexity index is 1210. The number of hydrogen-bond acceptors (Lipinski definition) is 6. The van der Waals surface area contributed by atoms with Gasteiger partial charge in [-0.15, -0.1) is 0 Å². The predicted octanol–water partition coefficient (Wildman–Crippen LogP) is 3.50. The first-order valence-electron chi connectivity index (χ1n) is 11.2. The van der Waals surface area contributed by atoms with Crippen molar-refractivity contribution in [1.82, 2.24) is 25.3 Å². The molecule has 1 N–H and O–H groups in total. The van der Waals surface area contributed by atoms with Crippen LogP contribution in [0.1, 0.15) is 60.8 Å². The summed E-state index contributed by atoms with van der Waals surface area (Å²) in [5.74, 6) is 0.467. The van der Waals surface area contributed by atoms with E-state index in [9.17, 15) is 9.59 Å². The van der Waals surface area contributed by atoms with Crippen molar-refractivity contribution in [2.24, 2.45) is 5.41 Å². The zero-order chi connectivity index (χ0) is 23.0. The molecule has 3 heterocycles. The van der Waals surface area contributed by atoms with Crippen LogP contribution in [-0.2, 0) is 11.2 Å². The molecule has 5 rings (SSSR count). The number of amides is 2. The minimum atomic E-state index is -0.204. The molecule has 0 unspecified atom stereocenters. The van der Waals surface area contributed by atoms with Gasteiger partial charge in [0.2, 0.25) is 5.91 Å². The minimum absolute atomic E-state index is 0.0389. The molecule has 168 valence electrons. The summed E-state index contributed by atoms with van der Waals surface area (Å²) in [5.41, 5.74) is 3.74. The van der Waals surface area contributed by atoms with Gasteiger partial charge in [-0.1, -0.05) is 19.9 Å². The lowest BCUT2D eigenvalue weighted by Gasteiger charge is -2.36. The van der Waals surface area contributed by atoms with E-state index >= 15 is 0 Å². The average Bonchev–Trinajstić information content (AvgIpc) is 3.24. The maximum absolute atomic E-state index is 13.2. The maximum atomic E-state index is 13.2. The standard InChI is InChI=1S/C25H26N6O2/c1-25(2)12-19-18(14-28-23(29-19)21-15-26-8-9-27-21)20(13-25)30-24(33)16-5-3-6-17(11-16)31-10-4-7-22(31)32/h3,5-6,8-9,11,14-15,20H,4,7,10,12-13H2,1-2H3,(H,30,33)/t20-/m1/s1. The Morgan fingerprint density at radius 3 is 2.82 bits per heavy atom. The molecule has 1 aromatic carbocycles. The molecule has 2 aliphatic rings. The van der Waals surface area contributed by atoms with E-state index in [2.05, 4.69) is 34.1 Å². The van der Waals surface area contributed by atoms with Crippen LogP contribution in [0, 0.1) is 5.41 Å². The Kier molecular flexibility index (Phi) is 5.36. The van der Waals surface area contributed by atoms with E-state index in [-0.39, 0.29) is 23.3 Å². The van der Waals surface area contributed by atoms with Crippen LogP contribution in [0.5, 0.6) is 0 Å². The minimum Gasteiger partial charge on any atom is -0.345 e. The number of anilines is 1. The van der Waals surface area contributed by atoms with Crippen LogP contribution in [0.2, 0.25) is 0 Å². The molecule has 3 aromatic rings. The lowest BCUT2D eigenvalue weighted by molar-refractivity contribution is -0.117. The van der Waals surface area contributed by atoms with E-state index in [1.54, 1.807) is 41.8 Å². The molecular formula is C25H26N6O2. The number of aromatic nitrogens is 4. The quantitative estimate of drug-likeness (QED) is 0.664. The Hall–Kier alpha value is -3.68. The van der Waals surface area contributed by atoms with Crippen molar-refractivity contribution in [3.05, 3.63) is 65.9 Å². The van der Waals surface area contributed by atoms with Gasteiger partial charge in [0.1, 0.15) is 5.69 Å². The van der Waals surface area contributed by atoms with Crippen molar-refractivity contribution in [3.63, 3.8) is 0 Å². The van der Waals surface area contributed by atoms with Crippen LogP contribution < -0.4 is 10.2 Å². The van der Waals surface area contributed by atoms with Crippen molar-refractivity contribution in [3.8, 4) is 11.5 Å². The summed E-state index contributed by atoms with van der Waals surface area (Å²) >= 11 is 0. The first-order chi connectivity index (χ1) is 15.9. The fourth-order valence-electron chi connectivity index (χ4n) is 4.69. The topological polar surface area (TPSA) is 101 Å². The number of carbonyl (C=O) groups is 2. The number of nitrogens with one attached hydrogen (secondary N) is 1. The number of nitrogens with zero attached hydrogens (tertiary/aromatic N) is 5. The number of hydrogen-bond donors (Lipinski definition) is 1. The predicted molar refractivity (Wildman–Crippen MR) is 123 cm³/mol. The molecule has 2 amide bonds. The molecule has 1 aliphatic carbocycles. The first-order valence-corrected chi connectivity index (χ1v) is 11.2. The number of fused-ring (bicyclic) bond motifs is 1. The van der Waals surface area contributed by atoms with Crippen LogP contribution in [0.4, 0.5) is 5.69 Å². The molecule has 2 aromatic heterocycles. The summed E-state index contributed by atoms with van der Waals surface area (Å²) in [6, 6.07) is 7.07. The Labute approximate surface area is 192 Å². The molecule has 8 nitrogen and oxygen atoms in total. The third kappa shape index (κ3) is 4.33. The van der Waals surface area contributed by atoms with Gasteiger partial charge in [0.25, 0.3) is 5.91 Å². The monoisotopic (exact) mass is 442 g/mol. The molecule has 0 spiro atoms. The highest BCUT2D eigenvalue weighted by atomic mass is 16.2. The van der Waals surface area contributed by atoms with Crippen molar-refractivity contribution in [2.45, 2.75) is 45.6 Å². The molecule has 1 atom stereocenters. The molecule has 0 saturated carbocycles. The molecule has 1 saturated heterocycles. The van der Waals surface area contributed by atoms with Gasteiger partial charge in [-0.2, -0.15) is 0 Å². The SMILES string of the molecule is CC1(C)Cc2nc(-c3cnccn3)ncc2[C@H](NC(=O)c2cccc(N3CCCC3=O)c2)C1. The van der Waals surface area contributed by atoms with E-state index in [1.807, 2.05) is 12.1 Å². The molecular weight excluding hydrogens is 416 g/mol. The molecule has 33 heavy (non-hydrogen) atoms. The number of rotatable bonds is 4. The van der Waals surface area contributed by atoms with Gasteiger partial charge in [-0.25, -0.2) is 15.0 Å². The van der Waals surface area contributed by atoms with Crippen LogP contribution in [0.25, 0.3) is 11.5 Å². The van der Waals surface area contributed by atoms with E-state index in [0.29, 0.717) is 30.0 Å². The van der Waals surface area contributed by atoms with Crippen LogP contribution in [0.3, 0.4) is 0 Å². The highest BCUT2D eigenvalue weighted by Gasteiger charge is 2.35. The van der Waals surface area contributed by atoms with Gasteiger partial charge in [0.15, 0.2) is 5.82 Å². The van der Waals surface area contributed by atoms with Crippen LogP contribution in [0.15, 0.2) is 49.1 Å². The molecule has 8 heteroatoms. The van der Waals surface area contributed by atoms with Crippen LogP contribution >= 0.6 is 0 Å². The van der Waals surface area contributed by atoms with E-state index in [0.717, 1.165) is 36.2 Å². The third-order valence-electron chi connectivity index (χ3n) is 6.27. The van der Waals surface area contributed by atoms with Gasteiger partial charge in [0.05, 0.1) is 17.9 Å². The Morgan fingerprint density at radius 1 is 1.18 bits per heavy atom. The summed E-state index contributed by atoms with van der Waals surface area (Å²) < 4.78 is 0. The fourth-order valence-corrected chi connectivity index (χ4v) is 4.69. The molecule has 0 radical (unpaired) electrons. The molecule has 1 fully saturated rings. The van der Waals surface area contributed by atoms with Gasteiger partial charge < -0.3 is 10.2 Å². The fraction of sp³-hybridized carbons (Fsp3) is 0.360. The number of carbonyl (C=O) groups excluding carboxylic acids is 2. The van der Waals surface area contributed by atoms with E-state index < -0.39 is 0 Å².